The molecule has 0 fully saturated rings. The summed E-state index contributed by atoms with van der Waals surface area (Å²) >= 11 is 1.82. The molecule has 7 aromatic carbocycles. The van der Waals surface area contributed by atoms with E-state index >= 15 is 0 Å². The summed E-state index contributed by atoms with van der Waals surface area (Å²) in [6, 6.07) is 63.1. The Kier molecular flexibility index (Phi) is 6.83. The van der Waals surface area contributed by atoms with Crippen LogP contribution in [0.2, 0.25) is 0 Å². The Bertz CT molecular complexity index is 2560. The van der Waals surface area contributed by atoms with Gasteiger partial charge in [-0.25, -0.2) is 0 Å². The average molecular weight is 700 g/mol. The van der Waals surface area contributed by atoms with Gasteiger partial charge in [-0.2, -0.15) is 0 Å². The quantitative estimate of drug-likeness (QED) is 0.182. The maximum atomic E-state index is 6.90. The predicted octanol–water partition coefficient (Wildman–Crippen LogP) is 12.5. The van der Waals surface area contributed by atoms with E-state index in [1.165, 1.54) is 54.6 Å². The molecule has 252 valence electrons. The lowest BCUT2D eigenvalue weighted by Gasteiger charge is -2.39. The van der Waals surface area contributed by atoms with Gasteiger partial charge in [-0.3, -0.25) is 0 Å². The van der Waals surface area contributed by atoms with Gasteiger partial charge in [-0.05, 0) is 87.5 Å². The van der Waals surface area contributed by atoms with Crippen LogP contribution in [0.5, 0.6) is 11.5 Å². The summed E-state index contributed by atoms with van der Waals surface area (Å²) in [4.78, 5) is 4.87. The molecule has 0 aromatic heterocycles. The second kappa shape index (κ2) is 11.9. The molecule has 0 N–H and O–H groups in total. The lowest BCUT2D eigenvalue weighted by molar-refractivity contribution is 0.143. The highest BCUT2D eigenvalue weighted by Crippen LogP contribution is 2.59. The molecular weight excluding hydrogens is 667 g/mol. The normalized spacial score (nSPS) is 17.2. The zero-order valence-electron chi connectivity index (χ0n) is 28.8. The van der Waals surface area contributed by atoms with Crippen LogP contribution in [0.25, 0.3) is 16.7 Å². The van der Waals surface area contributed by atoms with Crippen molar-refractivity contribution < 1.29 is 9.47 Å². The third-order valence-electron chi connectivity index (χ3n) is 11.1. The fourth-order valence-electron chi connectivity index (χ4n) is 8.93. The maximum Gasteiger partial charge on any atom is 0.169 e. The zero-order chi connectivity index (χ0) is 34.9. The molecule has 1 atom stereocenters. The van der Waals surface area contributed by atoms with E-state index in [4.69, 9.17) is 9.47 Å². The highest BCUT2D eigenvalue weighted by atomic mass is 32.2. The number of para-hydroxylation sites is 3. The van der Waals surface area contributed by atoms with E-state index in [0.717, 1.165) is 40.5 Å². The number of rotatable bonds is 4. The van der Waals surface area contributed by atoms with Crippen LogP contribution >= 0.6 is 11.8 Å². The molecule has 1 unspecified atom stereocenters. The smallest absolute Gasteiger partial charge is 0.169 e. The van der Waals surface area contributed by atoms with E-state index in [2.05, 4.69) is 187 Å². The van der Waals surface area contributed by atoms with Crippen molar-refractivity contribution in [2.45, 2.75) is 27.7 Å². The molecule has 11 rings (SSSR count). The number of benzene rings is 7. The first-order valence-corrected chi connectivity index (χ1v) is 19.0. The summed E-state index contributed by atoms with van der Waals surface area (Å²) < 4.78 is 13.8. The van der Waals surface area contributed by atoms with Gasteiger partial charge in [-0.15, -0.1) is 0 Å². The Labute approximate surface area is 313 Å². The minimum absolute atomic E-state index is 0.237. The molecule has 7 aromatic rings. The summed E-state index contributed by atoms with van der Waals surface area (Å²) in [5.74, 6) is 2.36. The third kappa shape index (κ3) is 4.55. The van der Waals surface area contributed by atoms with Gasteiger partial charge in [0.1, 0.15) is 5.76 Å². The van der Waals surface area contributed by atoms with Crippen molar-refractivity contribution in [1.82, 2.24) is 0 Å². The summed E-state index contributed by atoms with van der Waals surface area (Å²) in [6.07, 6.45) is 2.73. The van der Waals surface area contributed by atoms with Gasteiger partial charge in [0.25, 0.3) is 0 Å². The Morgan fingerprint density at radius 3 is 1.83 bits per heavy atom. The minimum Gasteiger partial charge on any atom is -0.478 e. The van der Waals surface area contributed by atoms with Crippen molar-refractivity contribution in [2.24, 2.45) is 0 Å². The zero-order valence-corrected chi connectivity index (χ0v) is 29.6. The van der Waals surface area contributed by atoms with Gasteiger partial charge in [0.15, 0.2) is 17.6 Å². The number of fused-ring (bicyclic) bond motifs is 6. The van der Waals surface area contributed by atoms with Crippen LogP contribution in [-0.2, 0) is 5.41 Å². The standard InChI is InChI=1S/C49H33NO2S/c1-3-15-33(16-4-1)49(34-17-5-2-6-18-34)38-21-9-7-20-36(38)37-30-45-46(31-39(37)49)51-43-28-27-32(29-44(43)52-45)35-19-8-10-22-40(35)50-41-23-11-13-25-47(41)53-48-26-14-12-24-42(48)50/h1-30,46H,31H2. The number of hydrogen-bond donors (Lipinski definition) is 0. The van der Waals surface area contributed by atoms with Gasteiger partial charge < -0.3 is 14.4 Å². The Hall–Kier alpha value is -6.23. The number of anilines is 3. The Morgan fingerprint density at radius 1 is 0.547 bits per heavy atom. The van der Waals surface area contributed by atoms with Gasteiger partial charge in [0.2, 0.25) is 0 Å². The van der Waals surface area contributed by atoms with E-state index in [1.807, 2.05) is 11.8 Å². The van der Waals surface area contributed by atoms with Crippen molar-refractivity contribution in [2.75, 3.05) is 4.90 Å². The van der Waals surface area contributed by atoms with Crippen molar-refractivity contribution in [3.63, 3.8) is 0 Å². The molecule has 2 aliphatic heterocycles. The van der Waals surface area contributed by atoms with Crippen LogP contribution < -0.4 is 14.4 Å². The van der Waals surface area contributed by atoms with E-state index < -0.39 is 5.41 Å². The fourth-order valence-corrected chi connectivity index (χ4v) is 9.99. The van der Waals surface area contributed by atoms with Gasteiger partial charge in [0, 0.05) is 21.8 Å². The second-order valence-corrected chi connectivity index (χ2v) is 15.0. The number of ether oxygens (including phenoxy) is 2. The number of nitrogens with zero attached hydrogens (tertiary/aromatic N) is 1. The van der Waals surface area contributed by atoms with Gasteiger partial charge in [-0.1, -0.05) is 145 Å². The second-order valence-electron chi connectivity index (χ2n) is 13.9. The average Bonchev–Trinajstić information content (AvgIpc) is 3.51. The third-order valence-corrected chi connectivity index (χ3v) is 12.3. The Morgan fingerprint density at radius 2 is 1.13 bits per heavy atom. The van der Waals surface area contributed by atoms with Crippen molar-refractivity contribution in [3.05, 3.63) is 216 Å². The van der Waals surface area contributed by atoms with E-state index in [0.29, 0.717) is 0 Å². The van der Waals surface area contributed by atoms with Crippen LogP contribution in [0.1, 0.15) is 28.7 Å². The Balaban J connectivity index is 1.02. The molecule has 0 bridgehead atoms. The fraction of sp³-hybridized carbons (Fsp3) is 0.0612. The summed E-state index contributed by atoms with van der Waals surface area (Å²) in [5, 5.41) is 0. The number of hydrogen-bond acceptors (Lipinski definition) is 4. The van der Waals surface area contributed by atoms with Crippen molar-refractivity contribution in [1.29, 1.82) is 0 Å². The van der Waals surface area contributed by atoms with Gasteiger partial charge >= 0.3 is 0 Å². The van der Waals surface area contributed by atoms with Crippen LogP contribution in [0.3, 0.4) is 0 Å². The molecule has 53 heavy (non-hydrogen) atoms. The highest BCUT2D eigenvalue weighted by molar-refractivity contribution is 7.99. The molecule has 2 heterocycles. The summed E-state index contributed by atoms with van der Waals surface area (Å²) in [6.45, 7) is 0. The number of allylic oxidation sites excluding steroid dienone is 2. The minimum atomic E-state index is -0.433. The largest absolute Gasteiger partial charge is 0.478 e. The molecule has 4 heteroatoms. The molecule has 2 aliphatic carbocycles. The summed E-state index contributed by atoms with van der Waals surface area (Å²) in [7, 11) is 0. The topological polar surface area (TPSA) is 21.7 Å². The lowest BCUT2D eigenvalue weighted by Crippen LogP contribution is -2.36. The van der Waals surface area contributed by atoms with E-state index in [9.17, 15) is 0 Å². The first-order chi connectivity index (χ1) is 26.3. The van der Waals surface area contributed by atoms with Gasteiger partial charge in [0.05, 0.1) is 22.5 Å². The first-order valence-electron chi connectivity index (χ1n) is 18.2. The lowest BCUT2D eigenvalue weighted by atomic mass is 9.65. The van der Waals surface area contributed by atoms with E-state index in [1.54, 1.807) is 0 Å². The monoisotopic (exact) mass is 699 g/mol. The van der Waals surface area contributed by atoms with Crippen LogP contribution in [0.4, 0.5) is 17.1 Å². The molecule has 0 radical (unpaired) electrons. The highest BCUT2D eigenvalue weighted by Gasteiger charge is 2.50. The van der Waals surface area contributed by atoms with E-state index in [-0.39, 0.29) is 6.10 Å². The van der Waals surface area contributed by atoms with Crippen LogP contribution in [-0.4, -0.2) is 6.10 Å². The molecule has 0 amide bonds. The molecule has 3 nitrogen and oxygen atoms in total. The maximum absolute atomic E-state index is 6.90. The SMILES string of the molecule is C1=C2Oc3cc(-c4ccccc4N4c5ccccc5Sc5ccccc54)ccc3OC2CC2=C1c1ccccc1C2(c1ccccc1)c1ccccc1. The molecule has 4 aliphatic rings. The van der Waals surface area contributed by atoms with Crippen molar-refractivity contribution in [3.8, 4) is 22.6 Å². The van der Waals surface area contributed by atoms with Crippen molar-refractivity contribution >= 4 is 34.4 Å². The molecular formula is C49H33NO2S. The molecule has 0 saturated carbocycles. The predicted molar refractivity (Wildman–Crippen MR) is 215 cm³/mol. The molecule has 0 spiro atoms. The molecule has 0 saturated heterocycles. The first kappa shape index (κ1) is 30.4. The van der Waals surface area contributed by atoms with Crippen LogP contribution in [0, 0.1) is 0 Å². The summed E-state index contributed by atoms with van der Waals surface area (Å²) in [5.41, 5.74) is 12.9. The van der Waals surface area contributed by atoms with Crippen LogP contribution in [0.15, 0.2) is 203 Å².